The minimum atomic E-state index is 0.523. The molecule has 0 saturated heterocycles. The Morgan fingerprint density at radius 2 is 0.503 bits per heavy atom. The average molecular weight is 1900 g/mol. The molecular weight excluding hydrogens is 1820 g/mol. The summed E-state index contributed by atoms with van der Waals surface area (Å²) in [4.78, 5) is 32.3. The molecule has 0 fully saturated rings. The molecule has 0 unspecified atom stereocenters. The van der Waals surface area contributed by atoms with Gasteiger partial charge in [0.25, 0.3) is 0 Å². The van der Waals surface area contributed by atoms with Gasteiger partial charge in [0.15, 0.2) is 11.4 Å². The molecule has 33 aromatic rings. The van der Waals surface area contributed by atoms with Crippen molar-refractivity contribution < 1.29 is 8.83 Å². The van der Waals surface area contributed by atoms with Crippen molar-refractivity contribution in [1.82, 2.24) is 57.3 Å². The van der Waals surface area contributed by atoms with Crippen LogP contribution in [-0.4, -0.2) is 57.3 Å². The summed E-state index contributed by atoms with van der Waals surface area (Å²) >= 11 is 1.77. The van der Waals surface area contributed by atoms with Gasteiger partial charge in [-0.2, -0.15) is 0 Å². The van der Waals surface area contributed by atoms with Gasteiger partial charge >= 0.3 is 0 Å². The monoisotopic (exact) mass is 1890 g/mol. The molecular formula is C132H78N12O2S. The van der Waals surface area contributed by atoms with E-state index < -0.39 is 0 Å². The SMILES string of the molecule is c1ccc(-n2c3ccccc3c3cc(-c4nc(-n5c6ccccc6c6cc7ccccc7cc65)nc5c4oc4ccccc45)ccc32)cc1.c1ccc(-n2c3ccccc3c3cc(-c4nc(-n5c6ccccc6c6cc7ccccc7cc65)nc5c4sc4ccccc45)ccc32)cc1.c1ccc(-n2c3ccccc3c3ccc(-c4nc5oc6ccccc6c5nc4-n4c5ccccc5c5cc6ccccc6cc54)cc32)cc1. The van der Waals surface area contributed by atoms with Crippen LogP contribution in [-0.2, 0) is 0 Å². The molecule has 0 saturated carbocycles. The molecule has 0 aliphatic rings. The van der Waals surface area contributed by atoms with Gasteiger partial charge in [-0.1, -0.05) is 303 Å². The second-order valence-corrected chi connectivity index (χ2v) is 39.0. The van der Waals surface area contributed by atoms with E-state index in [9.17, 15) is 0 Å². The zero-order valence-electron chi connectivity index (χ0n) is 78.6. The third-order valence-corrected chi connectivity index (χ3v) is 30.9. The first-order valence-electron chi connectivity index (χ1n) is 49.5. The molecule has 147 heavy (non-hydrogen) atoms. The van der Waals surface area contributed by atoms with Crippen molar-refractivity contribution in [3.05, 3.63) is 473 Å². The van der Waals surface area contributed by atoms with Gasteiger partial charge in [-0.15, -0.1) is 11.3 Å². The highest BCUT2D eigenvalue weighted by Gasteiger charge is 2.29. The number of fused-ring (bicyclic) bond motifs is 30. The summed E-state index contributed by atoms with van der Waals surface area (Å²) in [5.41, 5.74) is 27.6. The molecule has 33 rings (SSSR count). The van der Waals surface area contributed by atoms with E-state index in [0.717, 1.165) is 166 Å². The van der Waals surface area contributed by atoms with Crippen molar-refractivity contribution in [2.75, 3.05) is 0 Å². The Hall–Kier alpha value is -19.7. The highest BCUT2D eigenvalue weighted by molar-refractivity contribution is 7.26. The number of hydrogen-bond acceptors (Lipinski definition) is 9. The van der Waals surface area contributed by atoms with Crippen LogP contribution in [0.15, 0.2) is 482 Å². The van der Waals surface area contributed by atoms with Gasteiger partial charge < -0.3 is 22.5 Å². The second kappa shape index (κ2) is 32.4. The Bertz CT molecular complexity index is 10900. The largest absolute Gasteiger partial charge is 0.452 e. The van der Waals surface area contributed by atoms with Crippen molar-refractivity contribution in [2.24, 2.45) is 0 Å². The maximum Gasteiger partial charge on any atom is 0.247 e. The van der Waals surface area contributed by atoms with Gasteiger partial charge in [0, 0.05) is 119 Å². The highest BCUT2D eigenvalue weighted by atomic mass is 32.1. The first-order chi connectivity index (χ1) is 72.9. The van der Waals surface area contributed by atoms with E-state index in [-0.39, 0.29) is 0 Å². The molecule has 0 spiro atoms. The molecule has 12 heterocycles. The molecule has 0 amide bonds. The fourth-order valence-electron chi connectivity index (χ4n) is 23.2. The molecule has 14 nitrogen and oxygen atoms in total. The lowest BCUT2D eigenvalue weighted by atomic mass is 10.1. The van der Waals surface area contributed by atoms with Gasteiger partial charge in [0.1, 0.15) is 33.6 Å². The van der Waals surface area contributed by atoms with Crippen molar-refractivity contribution >= 4 is 239 Å². The van der Waals surface area contributed by atoms with E-state index in [2.05, 4.69) is 464 Å². The van der Waals surface area contributed by atoms with Crippen LogP contribution in [0.4, 0.5) is 0 Å². The first kappa shape index (κ1) is 82.0. The van der Waals surface area contributed by atoms with Crippen molar-refractivity contribution in [3.8, 4) is 68.5 Å². The zero-order chi connectivity index (χ0) is 96.2. The number of benzene rings is 21. The quantitative estimate of drug-likeness (QED) is 0.139. The fourth-order valence-corrected chi connectivity index (χ4v) is 24.3. The van der Waals surface area contributed by atoms with Crippen LogP contribution in [0.3, 0.4) is 0 Å². The van der Waals surface area contributed by atoms with E-state index in [0.29, 0.717) is 23.2 Å². The third-order valence-electron chi connectivity index (χ3n) is 29.7. The fraction of sp³-hybridized carbons (Fsp3) is 0. The molecule has 12 aromatic heterocycles. The van der Waals surface area contributed by atoms with Crippen LogP contribution < -0.4 is 0 Å². The van der Waals surface area contributed by atoms with E-state index in [1.54, 1.807) is 11.3 Å². The van der Waals surface area contributed by atoms with Crippen LogP contribution in [0.25, 0.3) is 296 Å². The predicted molar refractivity (Wildman–Crippen MR) is 608 cm³/mol. The van der Waals surface area contributed by atoms with E-state index >= 15 is 0 Å². The van der Waals surface area contributed by atoms with Gasteiger partial charge in [-0.05, 0) is 202 Å². The van der Waals surface area contributed by atoms with E-state index in [1.807, 2.05) is 36.4 Å². The van der Waals surface area contributed by atoms with Crippen molar-refractivity contribution in [3.63, 3.8) is 0 Å². The third kappa shape index (κ3) is 12.7. The van der Waals surface area contributed by atoms with Gasteiger partial charge in [0.2, 0.25) is 17.6 Å². The topological polar surface area (TPSA) is 133 Å². The summed E-state index contributed by atoms with van der Waals surface area (Å²) in [6.07, 6.45) is 0. The zero-order valence-corrected chi connectivity index (χ0v) is 79.4. The number of para-hydroxylation sites is 11. The van der Waals surface area contributed by atoms with Crippen molar-refractivity contribution in [2.45, 2.75) is 0 Å². The number of hydrogen-bond donors (Lipinski definition) is 0. The van der Waals surface area contributed by atoms with Crippen LogP contribution in [0.1, 0.15) is 0 Å². The average Bonchev–Trinajstić information content (AvgIpc) is 1.57. The molecule has 0 radical (unpaired) electrons. The lowest BCUT2D eigenvalue weighted by Crippen LogP contribution is -2.03. The summed E-state index contributed by atoms with van der Waals surface area (Å²) in [7, 11) is 0. The lowest BCUT2D eigenvalue weighted by Gasteiger charge is -2.13. The molecule has 21 aromatic carbocycles. The van der Waals surface area contributed by atoms with Gasteiger partial charge in [0.05, 0.1) is 82.1 Å². The van der Waals surface area contributed by atoms with E-state index in [1.165, 1.54) is 107 Å². The number of nitrogens with zero attached hydrogens (tertiary/aromatic N) is 12. The summed E-state index contributed by atoms with van der Waals surface area (Å²) < 4.78 is 29.0. The summed E-state index contributed by atoms with van der Waals surface area (Å²) in [5, 5.41) is 24.5. The lowest BCUT2D eigenvalue weighted by molar-refractivity contribution is 0.653. The number of rotatable bonds is 9. The molecule has 0 bridgehead atoms. The highest BCUT2D eigenvalue weighted by Crippen LogP contribution is 2.49. The maximum atomic E-state index is 6.58. The van der Waals surface area contributed by atoms with Crippen molar-refractivity contribution in [1.29, 1.82) is 0 Å². The van der Waals surface area contributed by atoms with Crippen LogP contribution in [0, 0.1) is 0 Å². The van der Waals surface area contributed by atoms with Gasteiger partial charge in [-0.25, -0.2) is 29.9 Å². The Morgan fingerprint density at radius 3 is 0.986 bits per heavy atom. The van der Waals surface area contributed by atoms with Crippen LogP contribution in [0.2, 0.25) is 0 Å². The normalized spacial score (nSPS) is 12.1. The Kier molecular flexibility index (Phi) is 18.1. The molecule has 0 aliphatic heterocycles. The Morgan fingerprint density at radius 1 is 0.184 bits per heavy atom. The first-order valence-corrected chi connectivity index (χ1v) is 50.3. The second-order valence-electron chi connectivity index (χ2n) is 37.9. The minimum Gasteiger partial charge on any atom is -0.452 e. The predicted octanol–water partition coefficient (Wildman–Crippen LogP) is 34.6. The molecule has 0 aliphatic carbocycles. The molecule has 0 atom stereocenters. The minimum absolute atomic E-state index is 0.523. The Labute approximate surface area is 840 Å². The standard InChI is InChI=1S/2C44H26N4O.C44H26N4S/c1-2-14-30(15-3-1)47-36-19-9-6-16-31(36)34-25-29(22-23-38(34)47)41-43-42(33-18-8-11-21-40(33)49-43)46-44(45-41)48-37-20-10-7-17-32(37)35-24-27-12-4-5-13-28(27)26-39(35)48;1-2-14-30(15-3-1)47-36-19-9-6-16-31(36)33-23-22-29(26-38(33)47)41-43(45-42-34-18-8-11-21-40(34)49-44(42)46-41)48-37-20-10-7-17-32(37)35-24-27-12-4-5-13-28(27)25-39(35)48;1-2-14-30(15-3-1)47-36-19-9-6-16-31(36)34-25-29(22-23-38(34)47)41-43-42(33-18-8-11-21-40(33)49-43)46-44(45-41)48-37-20-10-7-17-32(37)35-24-27-12-4-5-13-28(27)26-39(35)48/h3*1-26H. The number of thiophene rings is 1. The molecule has 0 N–H and O–H groups in total. The summed E-state index contributed by atoms with van der Waals surface area (Å²) in [6.45, 7) is 0. The summed E-state index contributed by atoms with van der Waals surface area (Å²) in [5.74, 6) is 2.06. The summed E-state index contributed by atoms with van der Waals surface area (Å²) in [6, 6.07) is 168. The van der Waals surface area contributed by atoms with E-state index in [4.69, 9.17) is 38.7 Å². The number of aromatic nitrogens is 12. The molecule has 684 valence electrons. The Balaban J connectivity index is 0.0000000999. The van der Waals surface area contributed by atoms with Gasteiger partial charge in [-0.3, -0.25) is 13.7 Å². The maximum absolute atomic E-state index is 6.58. The molecule has 15 heteroatoms. The smallest absolute Gasteiger partial charge is 0.247 e. The van der Waals surface area contributed by atoms with Crippen LogP contribution in [0.5, 0.6) is 0 Å². The number of furan rings is 2. The van der Waals surface area contributed by atoms with Crippen LogP contribution >= 0.6 is 11.3 Å².